The Morgan fingerprint density at radius 1 is 1.32 bits per heavy atom. The molecule has 4 nitrogen and oxygen atoms in total. The van der Waals surface area contributed by atoms with Crippen LogP contribution in [0, 0.1) is 6.92 Å². The molecule has 2 heterocycles. The number of benzene rings is 1. The maximum atomic E-state index is 5.88. The van der Waals surface area contributed by atoms with Crippen LogP contribution in [0.3, 0.4) is 0 Å². The van der Waals surface area contributed by atoms with E-state index >= 15 is 0 Å². The van der Waals surface area contributed by atoms with Gasteiger partial charge >= 0.3 is 0 Å². The van der Waals surface area contributed by atoms with Gasteiger partial charge in [0, 0.05) is 18.0 Å². The smallest absolute Gasteiger partial charge is 0.242 e. The van der Waals surface area contributed by atoms with Gasteiger partial charge in [-0.15, -0.1) is 11.3 Å². The maximum Gasteiger partial charge on any atom is 0.242 e. The van der Waals surface area contributed by atoms with Crippen LogP contribution in [0.2, 0.25) is 0 Å². The number of ether oxygens (including phenoxy) is 1. The third kappa shape index (κ3) is 2.34. The SMILES string of the molecule is Cc1ccc(Oc2nc3sccn3c2CCN)cc1. The van der Waals surface area contributed by atoms with Crippen molar-refractivity contribution in [3.8, 4) is 11.6 Å². The zero-order valence-electron chi connectivity index (χ0n) is 10.7. The van der Waals surface area contributed by atoms with Gasteiger partial charge in [-0.25, -0.2) is 0 Å². The second-order valence-electron chi connectivity index (χ2n) is 4.37. The number of fused-ring (bicyclic) bond motifs is 1. The molecule has 0 saturated heterocycles. The molecular formula is C14H15N3OS. The number of aryl methyl sites for hydroxylation is 1. The van der Waals surface area contributed by atoms with Gasteiger partial charge in [0.1, 0.15) is 5.75 Å². The number of nitrogens with zero attached hydrogens (tertiary/aromatic N) is 2. The van der Waals surface area contributed by atoms with Gasteiger partial charge in [0.05, 0.1) is 5.69 Å². The van der Waals surface area contributed by atoms with E-state index in [1.54, 1.807) is 11.3 Å². The lowest BCUT2D eigenvalue weighted by Crippen LogP contribution is -2.05. The third-order valence-electron chi connectivity index (χ3n) is 2.94. The van der Waals surface area contributed by atoms with E-state index in [9.17, 15) is 0 Å². The molecule has 1 aromatic carbocycles. The van der Waals surface area contributed by atoms with Crippen LogP contribution in [0.5, 0.6) is 11.6 Å². The molecule has 0 atom stereocenters. The zero-order chi connectivity index (χ0) is 13.2. The van der Waals surface area contributed by atoms with E-state index in [-0.39, 0.29) is 0 Å². The van der Waals surface area contributed by atoms with Crippen LogP contribution in [-0.4, -0.2) is 15.9 Å². The maximum absolute atomic E-state index is 5.88. The molecule has 0 aliphatic rings. The molecule has 0 aliphatic carbocycles. The predicted molar refractivity (Wildman–Crippen MR) is 77.1 cm³/mol. The van der Waals surface area contributed by atoms with Gasteiger partial charge < -0.3 is 10.5 Å². The lowest BCUT2D eigenvalue weighted by atomic mass is 10.2. The third-order valence-corrected chi connectivity index (χ3v) is 3.70. The second kappa shape index (κ2) is 5.03. The summed E-state index contributed by atoms with van der Waals surface area (Å²) in [4.78, 5) is 5.45. The van der Waals surface area contributed by atoms with Crippen molar-refractivity contribution in [1.82, 2.24) is 9.38 Å². The van der Waals surface area contributed by atoms with Crippen molar-refractivity contribution in [2.45, 2.75) is 13.3 Å². The van der Waals surface area contributed by atoms with Gasteiger partial charge in [0.2, 0.25) is 5.88 Å². The second-order valence-corrected chi connectivity index (χ2v) is 5.25. The van der Waals surface area contributed by atoms with Crippen molar-refractivity contribution in [2.24, 2.45) is 5.73 Å². The minimum absolute atomic E-state index is 0.577. The van der Waals surface area contributed by atoms with Gasteiger partial charge in [-0.05, 0) is 25.6 Å². The summed E-state index contributed by atoms with van der Waals surface area (Å²) >= 11 is 1.59. The van der Waals surface area contributed by atoms with E-state index in [4.69, 9.17) is 10.5 Å². The zero-order valence-corrected chi connectivity index (χ0v) is 11.5. The Morgan fingerprint density at radius 3 is 2.84 bits per heavy atom. The van der Waals surface area contributed by atoms with Crippen LogP contribution >= 0.6 is 11.3 Å². The van der Waals surface area contributed by atoms with Crippen LogP contribution in [0.4, 0.5) is 0 Å². The Morgan fingerprint density at radius 2 is 2.11 bits per heavy atom. The number of hydrogen-bond acceptors (Lipinski definition) is 4. The Hall–Kier alpha value is -1.85. The molecule has 3 rings (SSSR count). The van der Waals surface area contributed by atoms with E-state index in [0.717, 1.165) is 22.8 Å². The van der Waals surface area contributed by atoms with Crippen molar-refractivity contribution < 1.29 is 4.74 Å². The Labute approximate surface area is 115 Å². The molecule has 19 heavy (non-hydrogen) atoms. The van der Waals surface area contributed by atoms with Gasteiger partial charge in [-0.1, -0.05) is 17.7 Å². The first kappa shape index (κ1) is 12.2. The molecule has 0 bridgehead atoms. The first-order valence-electron chi connectivity index (χ1n) is 6.17. The van der Waals surface area contributed by atoms with Crippen molar-refractivity contribution in [3.05, 3.63) is 47.1 Å². The molecule has 5 heteroatoms. The normalized spacial score (nSPS) is 11.1. The van der Waals surface area contributed by atoms with Crippen LogP contribution in [0.1, 0.15) is 11.3 Å². The number of aromatic nitrogens is 2. The summed E-state index contributed by atoms with van der Waals surface area (Å²) in [7, 11) is 0. The Bertz CT molecular complexity index is 684. The van der Waals surface area contributed by atoms with Crippen molar-refractivity contribution in [2.75, 3.05) is 6.54 Å². The van der Waals surface area contributed by atoms with E-state index in [2.05, 4.69) is 11.9 Å². The summed E-state index contributed by atoms with van der Waals surface area (Å²) in [6, 6.07) is 7.96. The number of thiazole rings is 1. The minimum Gasteiger partial charge on any atom is -0.437 e. The topological polar surface area (TPSA) is 52.5 Å². The molecule has 98 valence electrons. The lowest BCUT2D eigenvalue weighted by molar-refractivity contribution is 0.459. The van der Waals surface area contributed by atoms with Crippen molar-refractivity contribution in [1.29, 1.82) is 0 Å². The molecule has 2 aromatic heterocycles. The van der Waals surface area contributed by atoms with Gasteiger partial charge in [-0.3, -0.25) is 4.40 Å². The number of imidazole rings is 1. The summed E-state index contributed by atoms with van der Waals surface area (Å²) in [6.45, 7) is 2.63. The first-order valence-corrected chi connectivity index (χ1v) is 7.05. The summed E-state index contributed by atoms with van der Waals surface area (Å²) in [6.07, 6.45) is 2.75. The van der Waals surface area contributed by atoms with Gasteiger partial charge in [0.25, 0.3) is 0 Å². The van der Waals surface area contributed by atoms with E-state index < -0.39 is 0 Å². The molecule has 0 saturated carbocycles. The summed E-state index contributed by atoms with van der Waals surface area (Å²) in [5.74, 6) is 1.45. The molecule has 0 radical (unpaired) electrons. The van der Waals surface area contributed by atoms with E-state index in [0.29, 0.717) is 12.4 Å². The van der Waals surface area contributed by atoms with Gasteiger partial charge in [0.15, 0.2) is 4.96 Å². The van der Waals surface area contributed by atoms with E-state index in [1.807, 2.05) is 40.2 Å². The Balaban J connectivity index is 1.97. The summed E-state index contributed by atoms with van der Waals surface area (Å²) in [5.41, 5.74) is 7.90. The number of nitrogens with two attached hydrogens (primary N) is 1. The fraction of sp³-hybridized carbons (Fsp3) is 0.214. The standard InChI is InChI=1S/C14H15N3OS/c1-10-2-4-11(5-3-10)18-13-12(6-7-15)17-8-9-19-14(17)16-13/h2-5,8-9H,6-7,15H2,1H3. The molecule has 0 amide bonds. The predicted octanol–water partition coefficient (Wildman–Crippen LogP) is 3.00. The monoisotopic (exact) mass is 273 g/mol. The minimum atomic E-state index is 0.577. The highest BCUT2D eigenvalue weighted by Gasteiger charge is 2.14. The first-order chi connectivity index (χ1) is 9.28. The largest absolute Gasteiger partial charge is 0.437 e. The summed E-state index contributed by atoms with van der Waals surface area (Å²) < 4.78 is 7.92. The van der Waals surface area contributed by atoms with Crippen LogP contribution in [-0.2, 0) is 6.42 Å². The molecular weight excluding hydrogens is 258 g/mol. The van der Waals surface area contributed by atoms with Crippen LogP contribution in [0.25, 0.3) is 4.96 Å². The molecule has 0 fully saturated rings. The highest BCUT2D eigenvalue weighted by molar-refractivity contribution is 7.15. The fourth-order valence-corrected chi connectivity index (χ4v) is 2.70. The van der Waals surface area contributed by atoms with Crippen LogP contribution < -0.4 is 10.5 Å². The lowest BCUT2D eigenvalue weighted by Gasteiger charge is -2.05. The average Bonchev–Trinajstić information content (AvgIpc) is 2.96. The molecule has 0 aliphatic heterocycles. The van der Waals surface area contributed by atoms with Gasteiger partial charge in [-0.2, -0.15) is 4.98 Å². The van der Waals surface area contributed by atoms with E-state index in [1.165, 1.54) is 5.56 Å². The molecule has 0 unspecified atom stereocenters. The Kier molecular flexibility index (Phi) is 3.23. The van der Waals surface area contributed by atoms with Crippen molar-refractivity contribution in [3.63, 3.8) is 0 Å². The fourth-order valence-electron chi connectivity index (χ4n) is 1.98. The summed E-state index contributed by atoms with van der Waals surface area (Å²) in [5, 5.41) is 2.01. The highest BCUT2D eigenvalue weighted by Crippen LogP contribution is 2.28. The number of hydrogen-bond donors (Lipinski definition) is 1. The molecule has 0 spiro atoms. The quantitative estimate of drug-likeness (QED) is 0.795. The average molecular weight is 273 g/mol. The number of rotatable bonds is 4. The van der Waals surface area contributed by atoms with Crippen molar-refractivity contribution >= 4 is 16.3 Å². The molecule has 2 N–H and O–H groups in total. The molecule has 3 aromatic rings. The highest BCUT2D eigenvalue weighted by atomic mass is 32.1. The van der Waals surface area contributed by atoms with Crippen LogP contribution in [0.15, 0.2) is 35.8 Å².